The molecule has 17 nitrogen and oxygen atoms in total. The summed E-state index contributed by atoms with van der Waals surface area (Å²) in [5.41, 5.74) is 5.21. The number of likely N-dealkylation sites (tertiary alicyclic amines) is 1. The van der Waals surface area contributed by atoms with Gasteiger partial charge >= 0.3 is 11.9 Å². The number of carboxylic acid groups (broad SMARTS) is 1. The summed E-state index contributed by atoms with van der Waals surface area (Å²) in [5.74, 6) is -4.22. The maximum Gasteiger partial charge on any atom is 0.306 e. The Morgan fingerprint density at radius 2 is 1.72 bits per heavy atom. The molecule has 0 spiro atoms. The minimum absolute atomic E-state index is 0.0270. The Morgan fingerprint density at radius 3 is 2.31 bits per heavy atom. The highest BCUT2D eigenvalue weighted by atomic mass is 32.1. The van der Waals surface area contributed by atoms with Gasteiger partial charge in [-0.15, -0.1) is 11.3 Å². The summed E-state index contributed by atoms with van der Waals surface area (Å²) in [4.78, 5) is 88.0. The Hall–Kier alpha value is -4.65. The molecular formula is C49H79N7O10S. The van der Waals surface area contributed by atoms with Crippen molar-refractivity contribution in [3.05, 3.63) is 39.8 Å². The predicted octanol–water partition coefficient (Wildman–Crippen LogP) is 6.29. The second-order valence-corrected chi connectivity index (χ2v) is 20.9. The highest BCUT2D eigenvalue weighted by molar-refractivity contribution is 7.09. The number of aromatic nitrogens is 1. The molecule has 2 unspecified atom stereocenters. The molecule has 1 aliphatic rings. The van der Waals surface area contributed by atoms with E-state index in [2.05, 4.69) is 20.9 Å². The van der Waals surface area contributed by atoms with Gasteiger partial charge in [0.15, 0.2) is 6.10 Å². The normalized spacial score (nSPS) is 17.4. The number of piperidine rings is 1. The molecule has 7 N–H and O–H groups in total. The van der Waals surface area contributed by atoms with Crippen LogP contribution in [0.3, 0.4) is 0 Å². The van der Waals surface area contributed by atoms with E-state index in [0.717, 1.165) is 37.1 Å². The second-order valence-electron chi connectivity index (χ2n) is 20.0. The zero-order valence-electron chi connectivity index (χ0n) is 41.9. The monoisotopic (exact) mass is 958 g/mol. The van der Waals surface area contributed by atoms with Crippen molar-refractivity contribution in [1.29, 1.82) is 0 Å². The van der Waals surface area contributed by atoms with Crippen molar-refractivity contribution < 1.29 is 48.5 Å². The van der Waals surface area contributed by atoms with Crippen molar-refractivity contribution in [2.24, 2.45) is 28.9 Å². The van der Waals surface area contributed by atoms with Gasteiger partial charge in [0.05, 0.1) is 23.2 Å². The van der Waals surface area contributed by atoms with Crippen molar-refractivity contribution >= 4 is 52.6 Å². The number of nitrogens with zero attached hydrogens (tertiary/aromatic N) is 3. The van der Waals surface area contributed by atoms with Crippen molar-refractivity contribution in [3.63, 3.8) is 0 Å². The van der Waals surface area contributed by atoms with Crippen molar-refractivity contribution in [1.82, 2.24) is 25.4 Å². The minimum Gasteiger partial charge on any atom is -0.506 e. The number of thiazole rings is 1. The molecule has 0 saturated carbocycles. The average molecular weight is 958 g/mol. The Kier molecular flexibility index (Phi) is 21.7. The number of benzene rings is 1. The number of aromatic hydroxyl groups is 1. The topological polar surface area (TPSA) is 243 Å². The van der Waals surface area contributed by atoms with Gasteiger partial charge in [-0.2, -0.15) is 0 Å². The van der Waals surface area contributed by atoms with Gasteiger partial charge in [0.2, 0.25) is 17.7 Å². The molecule has 67 heavy (non-hydrogen) atoms. The van der Waals surface area contributed by atoms with E-state index in [9.17, 15) is 39.0 Å². The minimum atomic E-state index is -1.05. The van der Waals surface area contributed by atoms with Crippen molar-refractivity contribution in [3.8, 4) is 5.75 Å². The zero-order valence-corrected chi connectivity index (χ0v) is 42.7. The maximum atomic E-state index is 14.3. The smallest absolute Gasteiger partial charge is 0.306 e. The third-order valence-electron chi connectivity index (χ3n) is 13.0. The van der Waals surface area contributed by atoms with Gasteiger partial charge in [-0.1, -0.05) is 67.4 Å². The van der Waals surface area contributed by atoms with E-state index in [-0.39, 0.29) is 72.0 Å². The summed E-state index contributed by atoms with van der Waals surface area (Å²) in [6.07, 6.45) is 3.86. The Balaban J connectivity index is 1.82. The van der Waals surface area contributed by atoms with Gasteiger partial charge in [0.25, 0.3) is 5.91 Å². The molecular weight excluding hydrogens is 879 g/mol. The van der Waals surface area contributed by atoms with Crippen LogP contribution in [0.5, 0.6) is 5.75 Å². The second kappa shape index (κ2) is 25.6. The molecule has 2 heterocycles. The molecule has 2 aromatic rings. The summed E-state index contributed by atoms with van der Waals surface area (Å²) < 4.78 is 11.8. The lowest BCUT2D eigenvalue weighted by Crippen LogP contribution is -2.58. The SMILES string of the molecule is CC[C@H](C)[C@H](NC(=O)[C@H]1CCCCN1C)C(=O)N(C)C(C[C@@H](OC(C)=O)c1nc(C(=O)N[C@@H](Cc2ccc(O)c(NC(=O)C(C)(C)CCOC(C)(C)CCN)c2)CC(C)C(=O)O)cs1)C(C)C. The fourth-order valence-electron chi connectivity index (χ4n) is 8.24. The number of hydrogen-bond donors (Lipinski definition) is 6. The van der Waals surface area contributed by atoms with E-state index >= 15 is 0 Å². The van der Waals surface area contributed by atoms with Crippen LogP contribution in [0.25, 0.3) is 0 Å². The largest absolute Gasteiger partial charge is 0.506 e. The lowest BCUT2D eigenvalue weighted by molar-refractivity contribution is -0.149. The van der Waals surface area contributed by atoms with Crippen LogP contribution in [0.4, 0.5) is 5.69 Å². The number of carbonyl (C=O) groups excluding carboxylic acids is 5. The summed E-state index contributed by atoms with van der Waals surface area (Å²) in [5, 5.41) is 31.3. The number of phenols is 1. The Bertz CT molecular complexity index is 1990. The third-order valence-corrected chi connectivity index (χ3v) is 14.0. The summed E-state index contributed by atoms with van der Waals surface area (Å²) in [7, 11) is 3.62. The predicted molar refractivity (Wildman–Crippen MR) is 260 cm³/mol. The van der Waals surface area contributed by atoms with Crippen LogP contribution in [0.15, 0.2) is 23.6 Å². The number of aliphatic carboxylic acids is 1. The van der Waals surface area contributed by atoms with E-state index in [1.807, 2.05) is 53.5 Å². The average Bonchev–Trinajstić information content (AvgIpc) is 3.75. The summed E-state index contributed by atoms with van der Waals surface area (Å²) in [6.45, 7) is 19.7. The quantitative estimate of drug-likeness (QED) is 0.0449. The number of amides is 4. The van der Waals surface area contributed by atoms with Gasteiger partial charge < -0.3 is 46.3 Å². The first kappa shape index (κ1) is 56.7. The van der Waals surface area contributed by atoms with Crippen LogP contribution >= 0.6 is 11.3 Å². The van der Waals surface area contributed by atoms with Crippen molar-refractivity contribution in [2.75, 3.05) is 39.1 Å². The molecule has 1 aliphatic heterocycles. The van der Waals surface area contributed by atoms with Crippen LogP contribution in [-0.4, -0.2) is 124 Å². The number of carboxylic acids is 1. The highest BCUT2D eigenvalue weighted by Gasteiger charge is 2.38. The van der Waals surface area contributed by atoms with E-state index in [1.54, 1.807) is 44.9 Å². The molecule has 18 heteroatoms. The molecule has 7 atom stereocenters. The van der Waals surface area contributed by atoms with E-state index < -0.39 is 59.0 Å². The number of likely N-dealkylation sites (N-methyl/N-ethyl adjacent to an activating group) is 2. The molecule has 3 rings (SSSR count). The Labute approximate surface area is 401 Å². The first-order valence-electron chi connectivity index (χ1n) is 23.7. The number of ether oxygens (including phenoxy) is 2. The van der Waals surface area contributed by atoms with Gasteiger partial charge in [0.1, 0.15) is 22.5 Å². The number of phenolic OH excluding ortho intramolecular Hbond substituents is 1. The van der Waals surface area contributed by atoms with Gasteiger partial charge in [0, 0.05) is 49.9 Å². The number of hydrogen-bond acceptors (Lipinski definition) is 13. The number of anilines is 1. The first-order chi connectivity index (χ1) is 31.3. The number of esters is 1. The molecule has 4 amide bonds. The van der Waals surface area contributed by atoms with E-state index in [0.29, 0.717) is 43.0 Å². The number of rotatable bonds is 26. The number of nitrogens with two attached hydrogens (primary N) is 1. The molecule has 376 valence electrons. The van der Waals surface area contributed by atoms with Crippen molar-refractivity contribution in [2.45, 2.75) is 163 Å². The van der Waals surface area contributed by atoms with Crippen LogP contribution in [0, 0.1) is 23.2 Å². The summed E-state index contributed by atoms with van der Waals surface area (Å²) >= 11 is 1.12. The molecule has 1 aromatic carbocycles. The molecule has 0 bridgehead atoms. The van der Waals surface area contributed by atoms with E-state index in [1.165, 1.54) is 18.4 Å². The lowest BCUT2D eigenvalue weighted by atomic mass is 9.88. The van der Waals surface area contributed by atoms with Crippen LogP contribution in [-0.2, 0) is 39.9 Å². The van der Waals surface area contributed by atoms with E-state index in [4.69, 9.17) is 15.2 Å². The zero-order chi connectivity index (χ0) is 50.4. The highest BCUT2D eigenvalue weighted by Crippen LogP contribution is 2.33. The molecule has 1 saturated heterocycles. The standard InChI is InChI=1S/C49H79N7O10S/c1-13-30(4)41(54-43(60)37-16-14-15-22-55(37)11)45(61)56(12)38(29(2)3)27-40(66-32(6)57)44-52-36(28-67-44)42(59)51-34(24-31(5)46(62)63)25-33-17-18-39(58)35(26-33)53-47(64)48(7,8)20-23-65-49(9,10)19-21-50/h17-18,26,28-31,34,37-38,40-41,58H,13-16,19-25,27,50H2,1-12H3,(H,51,59)(H,53,64)(H,54,60)(H,62,63)/t30-,31?,34+,37+,38?,40+,41-/m0/s1. The Morgan fingerprint density at radius 1 is 1.03 bits per heavy atom. The number of carbonyl (C=O) groups is 6. The third kappa shape index (κ3) is 17.1. The summed E-state index contributed by atoms with van der Waals surface area (Å²) in [6, 6.07) is 2.42. The molecule has 0 aliphatic carbocycles. The lowest BCUT2D eigenvalue weighted by Gasteiger charge is -2.38. The first-order valence-corrected chi connectivity index (χ1v) is 24.6. The van der Waals surface area contributed by atoms with Gasteiger partial charge in [-0.3, -0.25) is 33.7 Å². The number of nitrogens with one attached hydrogen (secondary N) is 3. The molecule has 0 radical (unpaired) electrons. The van der Waals surface area contributed by atoms with Crippen LogP contribution in [0.1, 0.15) is 148 Å². The van der Waals surface area contributed by atoms with Crippen LogP contribution in [0.2, 0.25) is 0 Å². The molecule has 1 fully saturated rings. The van der Waals surface area contributed by atoms with Gasteiger partial charge in [-0.25, -0.2) is 4.98 Å². The molecule has 1 aromatic heterocycles. The van der Waals surface area contributed by atoms with Gasteiger partial charge in [-0.05, 0) is 102 Å². The maximum absolute atomic E-state index is 14.3. The van der Waals surface area contributed by atoms with Crippen LogP contribution < -0.4 is 21.7 Å². The fourth-order valence-corrected chi connectivity index (χ4v) is 9.08. The fraction of sp³-hybridized carbons (Fsp3) is 0.694.